The minimum absolute atomic E-state index is 0. The Balaban J connectivity index is 0.00000186. The molecule has 0 radical (unpaired) electrons. The summed E-state index contributed by atoms with van der Waals surface area (Å²) in [6, 6.07) is 9.17. The van der Waals surface area contributed by atoms with Crippen LogP contribution in [0.25, 0.3) is 5.57 Å². The second-order valence-corrected chi connectivity index (χ2v) is 10.8. The van der Waals surface area contributed by atoms with E-state index in [2.05, 4.69) is 84.3 Å². The second-order valence-electron chi connectivity index (χ2n) is 10.8. The van der Waals surface area contributed by atoms with Crippen LogP contribution in [0.1, 0.15) is 67.4 Å². The van der Waals surface area contributed by atoms with Gasteiger partial charge in [-0.2, -0.15) is 0 Å². The molecule has 3 aliphatic rings. The number of benzene rings is 1. The van der Waals surface area contributed by atoms with Crippen molar-refractivity contribution < 1.29 is 2.85 Å². The van der Waals surface area contributed by atoms with Gasteiger partial charge in [0, 0.05) is 53.7 Å². The predicted molar refractivity (Wildman–Crippen MR) is 166 cm³/mol. The SMILES string of the molecule is C=C/C(=C\N(C)C)c1cccc(C2(C)C=CC(/C(C=NC)=C/C)=C(CC3CC(N)C4CCC34)N2)c1.CC.[HH].[HH]. The number of aliphatic imine (C=N–C) groups is 1. The number of hydrogen-bond acceptors (Lipinski definition) is 4. The average Bonchev–Trinajstić information content (AvgIpc) is 3.08. The fourth-order valence-corrected chi connectivity index (χ4v) is 6.22. The molecule has 1 aromatic rings. The number of nitrogens with one attached hydrogen (secondary N) is 1. The first-order chi connectivity index (χ1) is 17.8. The maximum atomic E-state index is 6.52. The van der Waals surface area contributed by atoms with E-state index in [9.17, 15) is 0 Å². The molecule has 1 aromatic carbocycles. The summed E-state index contributed by atoms with van der Waals surface area (Å²) in [6.45, 7) is 12.4. The minimum atomic E-state index is -0.304. The monoisotopic (exact) mass is 504 g/mol. The largest absolute Gasteiger partial charge is 0.383 e. The summed E-state index contributed by atoms with van der Waals surface area (Å²) in [5.41, 5.74) is 13.5. The number of rotatable bonds is 8. The molecule has 2 saturated carbocycles. The fraction of sp³-hybridized carbons (Fsp3) is 0.485. The van der Waals surface area contributed by atoms with E-state index in [0.717, 1.165) is 35.8 Å². The molecule has 2 aliphatic carbocycles. The third-order valence-electron chi connectivity index (χ3n) is 8.20. The summed E-state index contributed by atoms with van der Waals surface area (Å²) in [7, 11) is 5.92. The Hall–Kier alpha value is -2.85. The first kappa shape index (κ1) is 28.7. The quantitative estimate of drug-likeness (QED) is 0.288. The van der Waals surface area contributed by atoms with Gasteiger partial charge in [-0.25, -0.2) is 0 Å². The van der Waals surface area contributed by atoms with Gasteiger partial charge in [0.2, 0.25) is 0 Å². The summed E-state index contributed by atoms with van der Waals surface area (Å²) in [5, 5.41) is 3.99. The molecule has 204 valence electrons. The van der Waals surface area contributed by atoms with E-state index >= 15 is 0 Å². The van der Waals surface area contributed by atoms with Crippen LogP contribution >= 0.6 is 0 Å². The molecule has 2 fully saturated rings. The highest BCUT2D eigenvalue weighted by Gasteiger charge is 2.47. The molecule has 5 unspecified atom stereocenters. The normalized spacial score (nSPS) is 29.3. The van der Waals surface area contributed by atoms with Crippen LogP contribution in [-0.2, 0) is 5.54 Å². The lowest BCUT2D eigenvalue weighted by atomic mass is 9.70. The Morgan fingerprint density at radius 1 is 1.24 bits per heavy atom. The van der Waals surface area contributed by atoms with E-state index in [-0.39, 0.29) is 8.39 Å². The van der Waals surface area contributed by atoms with Crippen molar-refractivity contribution in [3.05, 3.63) is 89.3 Å². The summed E-state index contributed by atoms with van der Waals surface area (Å²) >= 11 is 0. The Labute approximate surface area is 228 Å². The predicted octanol–water partition coefficient (Wildman–Crippen LogP) is 7.33. The highest BCUT2D eigenvalue weighted by atomic mass is 15.0. The van der Waals surface area contributed by atoms with Crippen LogP contribution < -0.4 is 11.1 Å². The van der Waals surface area contributed by atoms with Gasteiger partial charge in [0.25, 0.3) is 0 Å². The Kier molecular flexibility index (Phi) is 9.78. The van der Waals surface area contributed by atoms with E-state index in [1.165, 1.54) is 35.2 Å². The van der Waals surface area contributed by atoms with Crippen LogP contribution in [0, 0.1) is 17.8 Å². The van der Waals surface area contributed by atoms with E-state index in [4.69, 9.17) is 5.73 Å². The molecule has 37 heavy (non-hydrogen) atoms. The topological polar surface area (TPSA) is 53.6 Å². The lowest BCUT2D eigenvalue weighted by Crippen LogP contribution is -2.41. The number of nitrogens with zero attached hydrogens (tertiary/aromatic N) is 2. The van der Waals surface area contributed by atoms with Gasteiger partial charge in [-0.3, -0.25) is 4.99 Å². The van der Waals surface area contributed by atoms with Gasteiger partial charge in [0.05, 0.1) is 5.54 Å². The molecule has 0 spiro atoms. The van der Waals surface area contributed by atoms with Crippen LogP contribution in [0.2, 0.25) is 0 Å². The zero-order chi connectivity index (χ0) is 27.2. The molecule has 0 bridgehead atoms. The first-order valence-electron chi connectivity index (χ1n) is 14.0. The van der Waals surface area contributed by atoms with Crippen molar-refractivity contribution in [3.63, 3.8) is 0 Å². The molecule has 0 saturated heterocycles. The van der Waals surface area contributed by atoms with E-state index in [0.29, 0.717) is 12.0 Å². The third kappa shape index (κ3) is 6.18. The standard InChI is InChI=1S/C31H42N4.C2H6.2H2/c1-7-21(19-33-4)27-14-15-31(3,25-11-9-10-23(16-25)22(8-2)20-35(5)6)34-30(27)18-24-17-29(32)28-13-12-26(24)28;1-2;;/h7-11,14-16,19-20,24,26,28-29,34H,2,12-13,17-18,32H2,1,3-6H3;1-2H3;2*1H/b21-7+,22-20+,33-19?;;;. The van der Waals surface area contributed by atoms with Gasteiger partial charge in [-0.15, -0.1) is 0 Å². The maximum Gasteiger partial charge on any atom is 0.0782 e. The van der Waals surface area contributed by atoms with Crippen molar-refractivity contribution in [2.45, 2.75) is 65.0 Å². The lowest BCUT2D eigenvalue weighted by molar-refractivity contribution is 0.160. The van der Waals surface area contributed by atoms with Crippen molar-refractivity contribution in [1.82, 2.24) is 10.2 Å². The van der Waals surface area contributed by atoms with Crippen LogP contribution in [-0.4, -0.2) is 38.3 Å². The lowest BCUT2D eigenvalue weighted by Gasteiger charge is -2.39. The summed E-state index contributed by atoms with van der Waals surface area (Å²) < 4.78 is 0. The number of hydrogen-bond donors (Lipinski definition) is 2. The van der Waals surface area contributed by atoms with Crippen molar-refractivity contribution in [3.8, 4) is 0 Å². The van der Waals surface area contributed by atoms with Crippen LogP contribution in [0.5, 0.6) is 0 Å². The first-order valence-corrected chi connectivity index (χ1v) is 14.0. The fourth-order valence-electron chi connectivity index (χ4n) is 6.22. The van der Waals surface area contributed by atoms with Crippen LogP contribution in [0.4, 0.5) is 0 Å². The molecule has 3 N–H and O–H groups in total. The molecular formula is C33H52N4. The maximum absolute atomic E-state index is 6.52. The molecule has 0 amide bonds. The van der Waals surface area contributed by atoms with Crippen LogP contribution in [0.3, 0.4) is 0 Å². The number of allylic oxidation sites excluding steroid dienone is 7. The third-order valence-corrected chi connectivity index (χ3v) is 8.20. The van der Waals surface area contributed by atoms with Gasteiger partial charge in [-0.05, 0) is 85.6 Å². The second kappa shape index (κ2) is 12.6. The molecular weight excluding hydrogens is 452 g/mol. The average molecular weight is 505 g/mol. The van der Waals surface area contributed by atoms with Gasteiger partial charge in [0.1, 0.15) is 0 Å². The summed E-state index contributed by atoms with van der Waals surface area (Å²) in [6.07, 6.45) is 17.6. The number of dihydropyridines is 1. The highest BCUT2D eigenvalue weighted by molar-refractivity contribution is 5.86. The number of nitrogens with two attached hydrogens (primary N) is 1. The van der Waals surface area contributed by atoms with Crippen molar-refractivity contribution in [2.75, 3.05) is 21.1 Å². The zero-order valence-corrected chi connectivity index (χ0v) is 24.1. The van der Waals surface area contributed by atoms with E-state index in [1.54, 1.807) is 0 Å². The van der Waals surface area contributed by atoms with Gasteiger partial charge >= 0.3 is 0 Å². The summed E-state index contributed by atoms with van der Waals surface area (Å²) in [4.78, 5) is 6.39. The van der Waals surface area contributed by atoms with Gasteiger partial charge in [-0.1, -0.05) is 62.9 Å². The zero-order valence-electron chi connectivity index (χ0n) is 24.1. The molecule has 1 heterocycles. The highest BCUT2D eigenvalue weighted by Crippen LogP contribution is 2.52. The van der Waals surface area contributed by atoms with E-state index < -0.39 is 0 Å². The Morgan fingerprint density at radius 3 is 2.54 bits per heavy atom. The Bertz CT molecular complexity index is 1110. The molecule has 4 rings (SSSR count). The van der Waals surface area contributed by atoms with Crippen molar-refractivity contribution in [1.29, 1.82) is 0 Å². The Morgan fingerprint density at radius 2 is 1.97 bits per heavy atom. The van der Waals surface area contributed by atoms with Crippen molar-refractivity contribution >= 4 is 11.8 Å². The molecule has 0 aromatic heterocycles. The van der Waals surface area contributed by atoms with Crippen LogP contribution in [0.15, 0.2) is 83.2 Å². The minimum Gasteiger partial charge on any atom is -0.383 e. The molecule has 5 atom stereocenters. The van der Waals surface area contributed by atoms with Gasteiger partial charge < -0.3 is 16.0 Å². The van der Waals surface area contributed by atoms with Gasteiger partial charge in [0.15, 0.2) is 0 Å². The smallest absolute Gasteiger partial charge is 0.0782 e. The summed E-state index contributed by atoms with van der Waals surface area (Å²) in [5.74, 6) is 2.15. The van der Waals surface area contributed by atoms with Crippen molar-refractivity contribution in [2.24, 2.45) is 28.5 Å². The van der Waals surface area contributed by atoms with E-state index in [1.807, 2.05) is 47.3 Å². The number of fused-ring (bicyclic) bond motifs is 1. The molecule has 4 nitrogen and oxygen atoms in total. The molecule has 1 aliphatic heterocycles. The molecule has 4 heteroatoms.